The molecule has 0 aliphatic heterocycles. The molecule has 0 bridgehead atoms. The highest BCUT2D eigenvalue weighted by Gasteiger charge is 2.31. The number of benzene rings is 1. The first-order chi connectivity index (χ1) is 8.25. The second-order valence-electron chi connectivity index (χ2n) is 3.70. The maximum Gasteiger partial charge on any atom is 0.416 e. The average molecular weight is 264 g/mol. The molecule has 7 heteroatoms. The third-order valence-electron chi connectivity index (χ3n) is 2.33. The zero-order valence-electron chi connectivity index (χ0n) is 9.51. The highest BCUT2D eigenvalue weighted by atomic mass is 19.4. The molecule has 0 saturated carbocycles. The van der Waals surface area contributed by atoms with Crippen LogP contribution in [-0.2, 0) is 11.0 Å². The van der Waals surface area contributed by atoms with Gasteiger partial charge in [-0.15, -0.1) is 0 Å². The van der Waals surface area contributed by atoms with E-state index >= 15 is 0 Å². The fourth-order valence-corrected chi connectivity index (χ4v) is 1.21. The van der Waals surface area contributed by atoms with Gasteiger partial charge in [-0.05, 0) is 24.6 Å². The van der Waals surface area contributed by atoms with Gasteiger partial charge in [0, 0.05) is 0 Å². The molecule has 0 aliphatic rings. The second-order valence-corrected chi connectivity index (χ2v) is 3.70. The third-order valence-corrected chi connectivity index (χ3v) is 2.33. The minimum absolute atomic E-state index is 0.298. The normalized spacial score (nSPS) is 13.2. The van der Waals surface area contributed by atoms with Crippen molar-refractivity contribution in [2.75, 3.05) is 5.32 Å². The molecule has 1 atom stereocenters. The molecule has 0 fully saturated rings. The molecule has 18 heavy (non-hydrogen) atoms. The number of amides is 1. The number of nitrogens with two attached hydrogens (primary N) is 1. The van der Waals surface area contributed by atoms with E-state index in [-0.39, 0.29) is 0 Å². The summed E-state index contributed by atoms with van der Waals surface area (Å²) in [6, 6.07) is 0.898. The summed E-state index contributed by atoms with van der Waals surface area (Å²) >= 11 is 0. The van der Waals surface area contributed by atoms with Crippen molar-refractivity contribution < 1.29 is 22.4 Å². The number of halogens is 4. The highest BCUT2D eigenvalue weighted by molar-refractivity contribution is 5.94. The summed E-state index contributed by atoms with van der Waals surface area (Å²) in [5, 5.41) is 2.03. The number of anilines is 1. The van der Waals surface area contributed by atoms with Gasteiger partial charge in [-0.1, -0.05) is 6.92 Å². The Morgan fingerprint density at radius 1 is 1.44 bits per heavy atom. The SMILES string of the molecule is CCC(N)C(=O)Nc1cc(C(F)(F)F)ccc1F. The Bertz CT molecular complexity index is 445. The van der Waals surface area contributed by atoms with Crippen molar-refractivity contribution in [1.29, 1.82) is 0 Å². The van der Waals surface area contributed by atoms with Crippen LogP contribution in [-0.4, -0.2) is 11.9 Å². The van der Waals surface area contributed by atoms with Gasteiger partial charge >= 0.3 is 6.18 Å². The first kappa shape index (κ1) is 14.4. The van der Waals surface area contributed by atoms with E-state index in [0.717, 1.165) is 0 Å². The van der Waals surface area contributed by atoms with E-state index in [1.807, 2.05) is 5.32 Å². The minimum atomic E-state index is -4.60. The third kappa shape index (κ3) is 3.43. The molecule has 0 spiro atoms. The van der Waals surface area contributed by atoms with E-state index in [1.165, 1.54) is 0 Å². The summed E-state index contributed by atoms with van der Waals surface area (Å²) in [6.45, 7) is 1.63. The molecule has 3 N–H and O–H groups in total. The Morgan fingerprint density at radius 2 is 2.06 bits per heavy atom. The van der Waals surface area contributed by atoms with Gasteiger partial charge in [-0.2, -0.15) is 13.2 Å². The second kappa shape index (κ2) is 5.34. The van der Waals surface area contributed by atoms with E-state index in [1.54, 1.807) is 6.92 Å². The van der Waals surface area contributed by atoms with Gasteiger partial charge in [-0.3, -0.25) is 4.79 Å². The van der Waals surface area contributed by atoms with Crippen molar-refractivity contribution in [3.05, 3.63) is 29.6 Å². The van der Waals surface area contributed by atoms with Crippen molar-refractivity contribution in [3.8, 4) is 0 Å². The fourth-order valence-electron chi connectivity index (χ4n) is 1.21. The van der Waals surface area contributed by atoms with Gasteiger partial charge in [-0.25, -0.2) is 4.39 Å². The summed E-state index contributed by atoms with van der Waals surface area (Å²) in [6.07, 6.45) is -4.30. The van der Waals surface area contributed by atoms with Crippen molar-refractivity contribution in [3.63, 3.8) is 0 Å². The molecule has 0 saturated heterocycles. The maximum absolute atomic E-state index is 13.3. The van der Waals surface area contributed by atoms with Crippen LogP contribution in [0.5, 0.6) is 0 Å². The molecule has 100 valence electrons. The summed E-state index contributed by atoms with van der Waals surface area (Å²) in [5.74, 6) is -1.67. The van der Waals surface area contributed by atoms with Crippen LogP contribution in [0.3, 0.4) is 0 Å². The molecule has 1 rings (SSSR count). The molecule has 0 heterocycles. The Balaban J connectivity index is 2.99. The first-order valence-corrected chi connectivity index (χ1v) is 5.19. The quantitative estimate of drug-likeness (QED) is 0.824. The van der Waals surface area contributed by atoms with Crippen LogP contribution >= 0.6 is 0 Å². The molecule has 1 aromatic carbocycles. The molecule has 0 aliphatic carbocycles. The van der Waals surface area contributed by atoms with Gasteiger partial charge in [0.05, 0.1) is 17.3 Å². The smallest absolute Gasteiger partial charge is 0.322 e. The van der Waals surface area contributed by atoms with E-state index in [9.17, 15) is 22.4 Å². The van der Waals surface area contributed by atoms with Crippen molar-refractivity contribution in [1.82, 2.24) is 0 Å². The minimum Gasteiger partial charge on any atom is -0.322 e. The number of carbonyl (C=O) groups excluding carboxylic acids is 1. The van der Waals surface area contributed by atoms with Crippen molar-refractivity contribution in [2.24, 2.45) is 5.73 Å². The van der Waals surface area contributed by atoms with Crippen LogP contribution in [0.25, 0.3) is 0 Å². The maximum atomic E-state index is 13.3. The fraction of sp³-hybridized carbons (Fsp3) is 0.364. The van der Waals surface area contributed by atoms with E-state index in [0.29, 0.717) is 24.6 Å². The number of rotatable bonds is 3. The zero-order chi connectivity index (χ0) is 13.9. The van der Waals surface area contributed by atoms with E-state index in [2.05, 4.69) is 0 Å². The largest absolute Gasteiger partial charge is 0.416 e. The molecule has 3 nitrogen and oxygen atoms in total. The van der Waals surface area contributed by atoms with Gasteiger partial charge < -0.3 is 11.1 Å². The topological polar surface area (TPSA) is 55.1 Å². The summed E-state index contributed by atoms with van der Waals surface area (Å²) in [5.41, 5.74) is 3.81. The first-order valence-electron chi connectivity index (χ1n) is 5.19. The molecule has 1 amide bonds. The number of carbonyl (C=O) groups is 1. The van der Waals surface area contributed by atoms with Gasteiger partial charge in [0.25, 0.3) is 0 Å². The van der Waals surface area contributed by atoms with Crippen LogP contribution in [0.1, 0.15) is 18.9 Å². The number of nitrogens with one attached hydrogen (secondary N) is 1. The van der Waals surface area contributed by atoms with Gasteiger partial charge in [0.2, 0.25) is 5.91 Å². The Labute approximate surface area is 101 Å². The van der Waals surface area contributed by atoms with Crippen LogP contribution in [0, 0.1) is 5.82 Å². The molecule has 1 aromatic rings. The Morgan fingerprint density at radius 3 is 2.56 bits per heavy atom. The van der Waals surface area contributed by atoms with Crippen molar-refractivity contribution in [2.45, 2.75) is 25.6 Å². The van der Waals surface area contributed by atoms with Crippen molar-refractivity contribution >= 4 is 11.6 Å². The van der Waals surface area contributed by atoms with Crippen LogP contribution in [0.15, 0.2) is 18.2 Å². The Kier molecular flexibility index (Phi) is 4.28. The lowest BCUT2D eigenvalue weighted by Gasteiger charge is -2.13. The molecule has 1 unspecified atom stereocenters. The van der Waals surface area contributed by atoms with Crippen LogP contribution in [0.4, 0.5) is 23.2 Å². The van der Waals surface area contributed by atoms with Gasteiger partial charge in [0.15, 0.2) is 0 Å². The standard InChI is InChI=1S/C11H12F4N2O/c1-2-8(16)10(18)17-9-5-6(11(13,14)15)3-4-7(9)12/h3-5,8H,2,16H2,1H3,(H,17,18). The summed E-state index contributed by atoms with van der Waals surface area (Å²) in [7, 11) is 0. The number of alkyl halides is 3. The summed E-state index contributed by atoms with van der Waals surface area (Å²) < 4.78 is 50.5. The average Bonchev–Trinajstić information content (AvgIpc) is 2.29. The lowest BCUT2D eigenvalue weighted by atomic mass is 10.1. The number of hydrogen-bond acceptors (Lipinski definition) is 2. The van der Waals surface area contributed by atoms with E-state index < -0.39 is 35.2 Å². The highest BCUT2D eigenvalue weighted by Crippen LogP contribution is 2.31. The lowest BCUT2D eigenvalue weighted by molar-refractivity contribution is -0.137. The lowest BCUT2D eigenvalue weighted by Crippen LogP contribution is -2.35. The predicted octanol–water partition coefficient (Wildman–Crippen LogP) is 2.52. The van der Waals surface area contributed by atoms with Crippen LogP contribution in [0.2, 0.25) is 0 Å². The molecular formula is C11H12F4N2O. The summed E-state index contributed by atoms with van der Waals surface area (Å²) in [4.78, 5) is 11.4. The van der Waals surface area contributed by atoms with Gasteiger partial charge in [0.1, 0.15) is 5.82 Å². The van der Waals surface area contributed by atoms with E-state index in [4.69, 9.17) is 5.73 Å². The monoisotopic (exact) mass is 264 g/mol. The van der Waals surface area contributed by atoms with Crippen LogP contribution < -0.4 is 11.1 Å². The predicted molar refractivity (Wildman–Crippen MR) is 58.3 cm³/mol. The molecule has 0 radical (unpaired) electrons. The Hall–Kier alpha value is -1.63. The zero-order valence-corrected chi connectivity index (χ0v) is 9.51. The molecule has 0 aromatic heterocycles. The number of hydrogen-bond donors (Lipinski definition) is 2. The molecular weight excluding hydrogens is 252 g/mol.